The third-order valence-corrected chi connectivity index (χ3v) is 2.71. The fourth-order valence-electron chi connectivity index (χ4n) is 1.74. The molecule has 5 heteroatoms. The fraction of sp³-hybridized carbons (Fsp3) is 0. The molecule has 1 N–H and O–H groups in total. The van der Waals surface area contributed by atoms with Crippen LogP contribution in [-0.4, -0.2) is 16.0 Å². The van der Waals surface area contributed by atoms with Crippen LogP contribution in [0.4, 0.5) is 6.01 Å². The molecule has 0 saturated heterocycles. The lowest BCUT2D eigenvalue weighted by atomic mass is 10.2. The second kappa shape index (κ2) is 5.36. The zero-order valence-electron chi connectivity index (χ0n) is 10.5. The van der Waals surface area contributed by atoms with Crippen molar-refractivity contribution in [3.8, 4) is 11.4 Å². The van der Waals surface area contributed by atoms with Crippen LogP contribution in [0, 0.1) is 0 Å². The number of hydrogen-bond donors (Lipinski definition) is 1. The predicted molar refractivity (Wildman–Crippen MR) is 74.1 cm³/mol. The summed E-state index contributed by atoms with van der Waals surface area (Å²) in [7, 11) is 0. The van der Waals surface area contributed by atoms with Gasteiger partial charge in [0.2, 0.25) is 5.82 Å². The van der Waals surface area contributed by atoms with Crippen molar-refractivity contribution >= 4 is 11.9 Å². The molecule has 3 rings (SSSR count). The van der Waals surface area contributed by atoms with Gasteiger partial charge in [-0.25, -0.2) is 0 Å². The lowest BCUT2D eigenvalue weighted by Gasteiger charge is -1.98. The van der Waals surface area contributed by atoms with Crippen LogP contribution in [0.15, 0.2) is 65.2 Å². The van der Waals surface area contributed by atoms with Gasteiger partial charge < -0.3 is 4.52 Å². The van der Waals surface area contributed by atoms with Gasteiger partial charge >= 0.3 is 6.01 Å². The number of aromatic nitrogens is 2. The number of amides is 1. The molecule has 0 atom stereocenters. The summed E-state index contributed by atoms with van der Waals surface area (Å²) in [6.45, 7) is 0. The molecule has 1 heterocycles. The van der Waals surface area contributed by atoms with Crippen molar-refractivity contribution in [1.29, 1.82) is 0 Å². The number of benzene rings is 2. The average molecular weight is 265 g/mol. The van der Waals surface area contributed by atoms with Gasteiger partial charge in [-0.2, -0.15) is 4.98 Å². The predicted octanol–water partition coefficient (Wildman–Crippen LogP) is 2.99. The zero-order chi connectivity index (χ0) is 13.8. The lowest BCUT2D eigenvalue weighted by Crippen LogP contribution is -2.11. The van der Waals surface area contributed by atoms with Gasteiger partial charge in [0.15, 0.2) is 0 Å². The first-order chi connectivity index (χ1) is 9.83. The number of carbonyl (C=O) groups is 1. The fourth-order valence-corrected chi connectivity index (χ4v) is 1.74. The quantitative estimate of drug-likeness (QED) is 0.790. The highest BCUT2D eigenvalue weighted by Gasteiger charge is 2.12. The van der Waals surface area contributed by atoms with Gasteiger partial charge in [-0.05, 0) is 12.1 Å². The van der Waals surface area contributed by atoms with Crippen LogP contribution >= 0.6 is 0 Å². The monoisotopic (exact) mass is 265 g/mol. The number of carbonyl (C=O) groups excluding carboxylic acids is 1. The number of hydrogen-bond acceptors (Lipinski definition) is 4. The van der Waals surface area contributed by atoms with E-state index in [1.54, 1.807) is 24.3 Å². The van der Waals surface area contributed by atoms with E-state index in [2.05, 4.69) is 15.5 Å². The normalized spacial score (nSPS) is 10.2. The topological polar surface area (TPSA) is 68.0 Å². The third-order valence-electron chi connectivity index (χ3n) is 2.71. The zero-order valence-corrected chi connectivity index (χ0v) is 10.5. The van der Waals surface area contributed by atoms with Gasteiger partial charge in [-0.15, -0.1) is 0 Å². The van der Waals surface area contributed by atoms with Crippen LogP contribution in [-0.2, 0) is 0 Å². The van der Waals surface area contributed by atoms with Gasteiger partial charge in [-0.1, -0.05) is 53.7 Å². The van der Waals surface area contributed by atoms with Crippen molar-refractivity contribution in [1.82, 2.24) is 10.1 Å². The smallest absolute Gasteiger partial charge is 0.315 e. The third kappa shape index (κ3) is 2.56. The minimum atomic E-state index is -0.283. The van der Waals surface area contributed by atoms with E-state index in [4.69, 9.17) is 4.52 Å². The summed E-state index contributed by atoms with van der Waals surface area (Å²) >= 11 is 0. The van der Waals surface area contributed by atoms with Crippen LogP contribution in [0.5, 0.6) is 0 Å². The number of nitrogens with one attached hydrogen (secondary N) is 1. The van der Waals surface area contributed by atoms with Crippen molar-refractivity contribution in [2.45, 2.75) is 0 Å². The van der Waals surface area contributed by atoms with Gasteiger partial charge in [0, 0.05) is 11.1 Å². The molecule has 2 aromatic carbocycles. The van der Waals surface area contributed by atoms with E-state index in [0.717, 1.165) is 5.56 Å². The van der Waals surface area contributed by atoms with Crippen LogP contribution in [0.25, 0.3) is 11.4 Å². The number of nitrogens with zero attached hydrogens (tertiary/aromatic N) is 2. The molecule has 0 aliphatic heterocycles. The summed E-state index contributed by atoms with van der Waals surface area (Å²) in [5.74, 6) is 0.155. The maximum absolute atomic E-state index is 11.9. The molecule has 0 aliphatic carbocycles. The van der Waals surface area contributed by atoms with E-state index in [-0.39, 0.29) is 11.9 Å². The lowest BCUT2D eigenvalue weighted by molar-refractivity contribution is 0.102. The molecule has 0 spiro atoms. The largest absolute Gasteiger partial charge is 0.328 e. The highest BCUT2D eigenvalue weighted by Crippen LogP contribution is 2.17. The van der Waals surface area contributed by atoms with Crippen LogP contribution in [0.3, 0.4) is 0 Å². The maximum atomic E-state index is 11.9. The summed E-state index contributed by atoms with van der Waals surface area (Å²) in [6, 6.07) is 18.3. The first-order valence-electron chi connectivity index (χ1n) is 6.08. The number of anilines is 1. The van der Waals surface area contributed by atoms with Crippen molar-refractivity contribution in [3.63, 3.8) is 0 Å². The highest BCUT2D eigenvalue weighted by atomic mass is 16.5. The van der Waals surface area contributed by atoms with E-state index >= 15 is 0 Å². The molecular formula is C15H11N3O2. The molecule has 0 bridgehead atoms. The van der Waals surface area contributed by atoms with E-state index in [9.17, 15) is 4.79 Å². The van der Waals surface area contributed by atoms with Crippen molar-refractivity contribution in [2.75, 3.05) is 5.32 Å². The molecule has 20 heavy (non-hydrogen) atoms. The first kappa shape index (κ1) is 12.1. The van der Waals surface area contributed by atoms with Crippen molar-refractivity contribution in [2.24, 2.45) is 0 Å². The first-order valence-corrected chi connectivity index (χ1v) is 6.08. The standard InChI is InChI=1S/C15H11N3O2/c19-14(12-9-5-2-6-10-12)17-15-16-13(18-20-15)11-7-3-1-4-8-11/h1-10H,(H,16,17,18,19). The summed E-state index contributed by atoms with van der Waals surface area (Å²) in [5.41, 5.74) is 1.36. The highest BCUT2D eigenvalue weighted by molar-refractivity contribution is 6.03. The maximum Gasteiger partial charge on any atom is 0.328 e. The Balaban J connectivity index is 1.77. The Bertz CT molecular complexity index is 708. The molecule has 0 aliphatic rings. The molecule has 0 unspecified atom stereocenters. The molecule has 1 aromatic heterocycles. The van der Waals surface area contributed by atoms with Gasteiger partial charge in [0.1, 0.15) is 0 Å². The minimum absolute atomic E-state index is 0.0812. The second-order valence-corrected chi connectivity index (χ2v) is 4.11. The molecule has 98 valence electrons. The van der Waals surface area contributed by atoms with Gasteiger partial charge in [-0.3, -0.25) is 10.1 Å². The van der Waals surface area contributed by atoms with E-state index in [1.165, 1.54) is 0 Å². The summed E-state index contributed by atoms with van der Waals surface area (Å²) in [5, 5.41) is 6.40. The second-order valence-electron chi connectivity index (χ2n) is 4.11. The molecule has 5 nitrogen and oxygen atoms in total. The number of rotatable bonds is 3. The minimum Gasteiger partial charge on any atom is -0.315 e. The average Bonchev–Trinajstić information content (AvgIpc) is 2.97. The molecule has 3 aromatic rings. The van der Waals surface area contributed by atoms with E-state index < -0.39 is 0 Å². The van der Waals surface area contributed by atoms with E-state index in [1.807, 2.05) is 36.4 Å². The van der Waals surface area contributed by atoms with Crippen LogP contribution in [0.1, 0.15) is 10.4 Å². The Kier molecular flexibility index (Phi) is 3.24. The van der Waals surface area contributed by atoms with Gasteiger partial charge in [0.05, 0.1) is 0 Å². The Morgan fingerprint density at radius 1 is 0.950 bits per heavy atom. The van der Waals surface area contributed by atoms with Crippen molar-refractivity contribution < 1.29 is 9.32 Å². The van der Waals surface area contributed by atoms with Crippen LogP contribution < -0.4 is 5.32 Å². The van der Waals surface area contributed by atoms with Crippen molar-refractivity contribution in [3.05, 3.63) is 66.2 Å². The molecule has 0 radical (unpaired) electrons. The molecule has 0 fully saturated rings. The van der Waals surface area contributed by atoms with E-state index in [0.29, 0.717) is 11.4 Å². The summed E-state index contributed by atoms with van der Waals surface area (Å²) in [6.07, 6.45) is 0. The Morgan fingerprint density at radius 3 is 2.30 bits per heavy atom. The van der Waals surface area contributed by atoms with Crippen LogP contribution in [0.2, 0.25) is 0 Å². The Labute approximate surface area is 115 Å². The Morgan fingerprint density at radius 2 is 1.60 bits per heavy atom. The summed E-state index contributed by atoms with van der Waals surface area (Å²) in [4.78, 5) is 16.1. The molecule has 1 amide bonds. The van der Waals surface area contributed by atoms with Gasteiger partial charge in [0.25, 0.3) is 5.91 Å². The molecule has 0 saturated carbocycles. The molecular weight excluding hydrogens is 254 g/mol. The summed E-state index contributed by atoms with van der Waals surface area (Å²) < 4.78 is 5.02. The Hall–Kier alpha value is -2.95. The SMILES string of the molecule is O=C(Nc1nc(-c2ccccc2)no1)c1ccccc1.